The van der Waals surface area contributed by atoms with Crippen LogP contribution < -0.4 is 11.1 Å². The van der Waals surface area contributed by atoms with Crippen LogP contribution >= 0.6 is 0 Å². The van der Waals surface area contributed by atoms with Crippen molar-refractivity contribution in [3.8, 4) is 0 Å². The zero-order valence-electron chi connectivity index (χ0n) is 8.12. The number of carbonyl (C=O) groups excluding carboxylic acids is 1. The molecule has 2 fully saturated rings. The third kappa shape index (κ3) is 3.37. The molecule has 3 atom stereocenters. The van der Waals surface area contributed by atoms with E-state index in [1.165, 1.54) is 6.42 Å². The molecule has 5 nitrogen and oxygen atoms in total. The number of nitrogens with one attached hydrogen (secondary N) is 1. The van der Waals surface area contributed by atoms with Crippen molar-refractivity contribution in [2.24, 2.45) is 11.7 Å². The molecule has 2 aliphatic rings. The summed E-state index contributed by atoms with van der Waals surface area (Å²) in [5.74, 6) is -2.18. The molecule has 0 spiro atoms. The summed E-state index contributed by atoms with van der Waals surface area (Å²) >= 11 is 0. The van der Waals surface area contributed by atoms with Crippen molar-refractivity contribution < 1.29 is 27.9 Å². The molecular formula is C8H11F3N2O3. The maximum absolute atomic E-state index is 10.6. The van der Waals surface area contributed by atoms with Crippen LogP contribution in [0.4, 0.5) is 13.2 Å². The van der Waals surface area contributed by atoms with E-state index in [1.807, 2.05) is 0 Å². The van der Waals surface area contributed by atoms with Gasteiger partial charge in [0.25, 0.3) is 0 Å². The molecule has 0 aromatic rings. The Balaban J connectivity index is 0.000000168. The maximum atomic E-state index is 10.6. The van der Waals surface area contributed by atoms with E-state index in [-0.39, 0.29) is 11.9 Å². The van der Waals surface area contributed by atoms with Crippen molar-refractivity contribution >= 4 is 11.9 Å². The van der Waals surface area contributed by atoms with Crippen molar-refractivity contribution in [1.29, 1.82) is 0 Å². The third-order valence-corrected chi connectivity index (χ3v) is 2.46. The standard InChI is InChI=1S/C6H10N2O.C2HF3O2/c7-6(9)5-2-3-1-4(3)8-5;3-2(4,5)1(6)7/h3-5,8H,1-2H2,(H2,7,9);(H,6,7)/t3-,4-,5-;/m1./s1. The highest BCUT2D eigenvalue weighted by Crippen LogP contribution is 2.40. The fourth-order valence-electron chi connectivity index (χ4n) is 1.54. The number of primary amides is 1. The van der Waals surface area contributed by atoms with E-state index in [1.54, 1.807) is 0 Å². The number of piperidine rings is 1. The Bertz CT molecular complexity index is 295. The zero-order chi connectivity index (χ0) is 12.5. The number of amides is 1. The molecule has 0 unspecified atom stereocenters. The normalized spacial score (nSPS) is 31.1. The predicted molar refractivity (Wildman–Crippen MR) is 46.3 cm³/mol. The van der Waals surface area contributed by atoms with Crippen molar-refractivity contribution in [3.05, 3.63) is 0 Å². The van der Waals surface area contributed by atoms with Crippen LogP contribution in [0.3, 0.4) is 0 Å². The summed E-state index contributed by atoms with van der Waals surface area (Å²) in [5, 5.41) is 10.3. The van der Waals surface area contributed by atoms with Gasteiger partial charge in [-0.15, -0.1) is 0 Å². The van der Waals surface area contributed by atoms with Crippen molar-refractivity contribution in [2.45, 2.75) is 31.1 Å². The molecule has 2 rings (SSSR count). The van der Waals surface area contributed by atoms with E-state index >= 15 is 0 Å². The van der Waals surface area contributed by atoms with E-state index in [0.717, 1.165) is 12.3 Å². The molecule has 4 N–H and O–H groups in total. The number of nitrogens with two attached hydrogens (primary N) is 1. The van der Waals surface area contributed by atoms with Crippen LogP contribution in [0.15, 0.2) is 0 Å². The molecule has 92 valence electrons. The molecule has 1 heterocycles. The molecule has 1 aliphatic heterocycles. The van der Waals surface area contributed by atoms with Gasteiger partial charge in [0.05, 0.1) is 6.04 Å². The average molecular weight is 240 g/mol. The molecule has 1 amide bonds. The van der Waals surface area contributed by atoms with Crippen molar-refractivity contribution in [3.63, 3.8) is 0 Å². The highest BCUT2D eigenvalue weighted by Gasteiger charge is 2.47. The predicted octanol–water partition coefficient (Wildman–Crippen LogP) is -0.145. The molecule has 0 bridgehead atoms. The van der Waals surface area contributed by atoms with Crippen molar-refractivity contribution in [2.75, 3.05) is 0 Å². The Morgan fingerprint density at radius 1 is 1.31 bits per heavy atom. The monoisotopic (exact) mass is 240 g/mol. The molecule has 1 aliphatic carbocycles. The van der Waals surface area contributed by atoms with Crippen LogP contribution in [0.1, 0.15) is 12.8 Å². The summed E-state index contributed by atoms with van der Waals surface area (Å²) < 4.78 is 31.7. The van der Waals surface area contributed by atoms with Gasteiger partial charge in [-0.2, -0.15) is 13.2 Å². The highest BCUT2D eigenvalue weighted by atomic mass is 19.4. The Morgan fingerprint density at radius 2 is 1.81 bits per heavy atom. The number of halogens is 3. The van der Waals surface area contributed by atoms with Crippen LogP contribution in [0.2, 0.25) is 0 Å². The Labute approximate surface area is 88.8 Å². The number of hydrogen-bond acceptors (Lipinski definition) is 3. The van der Waals surface area contributed by atoms with Crippen LogP contribution in [-0.4, -0.2) is 35.2 Å². The summed E-state index contributed by atoms with van der Waals surface area (Å²) in [6.07, 6.45) is -2.86. The van der Waals surface area contributed by atoms with Crippen LogP contribution in [-0.2, 0) is 9.59 Å². The van der Waals surface area contributed by atoms with Gasteiger partial charge in [-0.05, 0) is 18.8 Å². The highest BCUT2D eigenvalue weighted by molar-refractivity contribution is 5.80. The van der Waals surface area contributed by atoms with Gasteiger partial charge in [0.2, 0.25) is 5.91 Å². The van der Waals surface area contributed by atoms with Gasteiger partial charge < -0.3 is 16.2 Å². The second-order valence-electron chi connectivity index (χ2n) is 3.76. The first-order valence-electron chi connectivity index (χ1n) is 4.57. The quantitative estimate of drug-likeness (QED) is 0.594. The average Bonchev–Trinajstić information content (AvgIpc) is 2.72. The minimum atomic E-state index is -5.08. The zero-order valence-corrected chi connectivity index (χ0v) is 8.12. The van der Waals surface area contributed by atoms with Crippen molar-refractivity contribution in [1.82, 2.24) is 5.32 Å². The molecule has 0 aromatic heterocycles. The van der Waals surface area contributed by atoms with Crippen LogP contribution in [0.5, 0.6) is 0 Å². The fourth-order valence-corrected chi connectivity index (χ4v) is 1.54. The number of aliphatic carboxylic acids is 1. The fraction of sp³-hybridized carbons (Fsp3) is 0.750. The molecule has 8 heteroatoms. The van der Waals surface area contributed by atoms with Gasteiger partial charge in [0, 0.05) is 6.04 Å². The van der Waals surface area contributed by atoms with E-state index in [9.17, 15) is 18.0 Å². The molecule has 0 radical (unpaired) electrons. The maximum Gasteiger partial charge on any atom is 0.490 e. The minimum absolute atomic E-state index is 0.0197. The summed E-state index contributed by atoms with van der Waals surface area (Å²) in [6.45, 7) is 0. The number of alkyl halides is 3. The molecule has 0 aromatic carbocycles. The molecule has 1 saturated heterocycles. The van der Waals surface area contributed by atoms with Crippen LogP contribution in [0, 0.1) is 5.92 Å². The largest absolute Gasteiger partial charge is 0.490 e. The third-order valence-electron chi connectivity index (χ3n) is 2.46. The van der Waals surface area contributed by atoms with E-state index < -0.39 is 12.1 Å². The molecular weight excluding hydrogens is 229 g/mol. The SMILES string of the molecule is NC(=O)[C@H]1C[C@H]2C[C@H]2N1.O=C(O)C(F)(F)F. The summed E-state index contributed by atoms with van der Waals surface area (Å²) in [6, 6.07) is 0.608. The molecule has 1 saturated carbocycles. The number of hydrogen-bond donors (Lipinski definition) is 3. The lowest BCUT2D eigenvalue weighted by molar-refractivity contribution is -0.192. The number of fused-ring (bicyclic) bond motifs is 1. The number of carboxylic acid groups (broad SMARTS) is 1. The van der Waals surface area contributed by atoms with Gasteiger partial charge in [-0.25, -0.2) is 4.79 Å². The summed E-state index contributed by atoms with van der Waals surface area (Å²) in [7, 11) is 0. The number of rotatable bonds is 1. The van der Waals surface area contributed by atoms with Gasteiger partial charge in [0.15, 0.2) is 0 Å². The van der Waals surface area contributed by atoms with E-state index in [4.69, 9.17) is 15.6 Å². The number of carboxylic acids is 1. The van der Waals surface area contributed by atoms with Gasteiger partial charge in [-0.1, -0.05) is 0 Å². The summed E-state index contributed by atoms with van der Waals surface area (Å²) in [5.41, 5.74) is 5.08. The lowest BCUT2D eigenvalue weighted by Crippen LogP contribution is -2.38. The van der Waals surface area contributed by atoms with E-state index in [2.05, 4.69) is 5.32 Å². The summed E-state index contributed by atoms with van der Waals surface area (Å²) in [4.78, 5) is 19.4. The van der Waals surface area contributed by atoms with Crippen LogP contribution in [0.25, 0.3) is 0 Å². The second-order valence-corrected chi connectivity index (χ2v) is 3.76. The van der Waals surface area contributed by atoms with Gasteiger partial charge in [0.1, 0.15) is 0 Å². The Kier molecular flexibility index (Phi) is 3.41. The smallest absolute Gasteiger partial charge is 0.475 e. The lowest BCUT2D eigenvalue weighted by atomic mass is 10.2. The lowest BCUT2D eigenvalue weighted by Gasteiger charge is -2.06. The number of carbonyl (C=O) groups is 2. The van der Waals surface area contributed by atoms with E-state index in [0.29, 0.717) is 6.04 Å². The first-order chi connectivity index (χ1) is 7.21. The Hall–Kier alpha value is -1.31. The second kappa shape index (κ2) is 4.28. The first-order valence-corrected chi connectivity index (χ1v) is 4.57. The Morgan fingerprint density at radius 3 is 2.00 bits per heavy atom. The first kappa shape index (κ1) is 12.8. The topological polar surface area (TPSA) is 92.4 Å². The molecule has 16 heavy (non-hydrogen) atoms. The minimum Gasteiger partial charge on any atom is -0.475 e. The van der Waals surface area contributed by atoms with Gasteiger partial charge in [-0.3, -0.25) is 4.79 Å². The van der Waals surface area contributed by atoms with Gasteiger partial charge >= 0.3 is 12.1 Å².